The molecule has 1 amide bonds. The van der Waals surface area contributed by atoms with Crippen LogP contribution in [0.4, 0.5) is 21.0 Å². The lowest BCUT2D eigenvalue weighted by molar-refractivity contribution is 0.181. The van der Waals surface area contributed by atoms with E-state index in [-0.39, 0.29) is 11.8 Å². The summed E-state index contributed by atoms with van der Waals surface area (Å²) in [5, 5.41) is 3.13. The Kier molecular flexibility index (Phi) is 4.45. The number of hydrogen-bond acceptors (Lipinski definition) is 6. The van der Waals surface area contributed by atoms with Crippen molar-refractivity contribution in [3.63, 3.8) is 0 Å². The molecule has 1 aliphatic rings. The number of benzene rings is 1. The Balaban J connectivity index is 1.77. The van der Waals surface area contributed by atoms with Crippen molar-refractivity contribution in [3.8, 4) is 5.75 Å². The van der Waals surface area contributed by atoms with Crippen LogP contribution in [0.25, 0.3) is 0 Å². The molecule has 24 heavy (non-hydrogen) atoms. The number of anilines is 2. The second-order valence-corrected chi connectivity index (χ2v) is 5.26. The zero-order chi connectivity index (χ0) is 17.1. The first kappa shape index (κ1) is 16.0. The molecule has 0 bridgehead atoms. The molecule has 2 aromatic rings. The largest absolute Gasteiger partial charge is 0.494 e. The van der Waals surface area contributed by atoms with Crippen LogP contribution < -0.4 is 15.0 Å². The highest BCUT2D eigenvalue weighted by atomic mass is 19.1. The van der Waals surface area contributed by atoms with Gasteiger partial charge in [0, 0.05) is 6.20 Å². The van der Waals surface area contributed by atoms with Gasteiger partial charge in [0.15, 0.2) is 11.6 Å². The monoisotopic (exact) mass is 332 g/mol. The number of aromatic nitrogens is 2. The van der Waals surface area contributed by atoms with Crippen LogP contribution in [-0.4, -0.2) is 36.3 Å². The Bertz CT molecular complexity index is 756. The summed E-state index contributed by atoms with van der Waals surface area (Å²) >= 11 is 0. The van der Waals surface area contributed by atoms with Crippen molar-refractivity contribution in [2.75, 3.05) is 30.5 Å². The normalized spacial score (nSPS) is 15.1. The number of carbonyl (C=O) groups is 1. The number of rotatable bonds is 5. The fourth-order valence-corrected chi connectivity index (χ4v) is 2.39. The van der Waals surface area contributed by atoms with Crippen molar-refractivity contribution in [2.24, 2.45) is 0 Å². The zero-order valence-corrected chi connectivity index (χ0v) is 13.3. The Morgan fingerprint density at radius 3 is 2.96 bits per heavy atom. The Morgan fingerprint density at radius 1 is 1.42 bits per heavy atom. The molecule has 0 aliphatic carbocycles. The molecular weight excluding hydrogens is 315 g/mol. The molecule has 1 aliphatic heterocycles. The first-order valence-corrected chi connectivity index (χ1v) is 7.46. The van der Waals surface area contributed by atoms with E-state index in [1.165, 1.54) is 18.1 Å². The van der Waals surface area contributed by atoms with Crippen molar-refractivity contribution in [2.45, 2.75) is 13.0 Å². The van der Waals surface area contributed by atoms with E-state index in [2.05, 4.69) is 15.3 Å². The van der Waals surface area contributed by atoms with Crippen LogP contribution in [0.5, 0.6) is 5.75 Å². The van der Waals surface area contributed by atoms with Crippen molar-refractivity contribution in [1.82, 2.24) is 9.97 Å². The molecule has 1 aromatic heterocycles. The number of halogens is 1. The predicted molar refractivity (Wildman–Crippen MR) is 85.7 cm³/mol. The third-order valence-electron chi connectivity index (χ3n) is 3.70. The number of amides is 1. The summed E-state index contributed by atoms with van der Waals surface area (Å²) in [5.41, 5.74) is 0.822. The Hall–Kier alpha value is -2.90. The van der Waals surface area contributed by atoms with Gasteiger partial charge < -0.3 is 14.8 Å². The molecule has 0 spiro atoms. The summed E-state index contributed by atoms with van der Waals surface area (Å²) in [4.78, 5) is 21.5. The van der Waals surface area contributed by atoms with Gasteiger partial charge in [-0.15, -0.1) is 0 Å². The van der Waals surface area contributed by atoms with E-state index in [1.54, 1.807) is 24.4 Å². The molecule has 0 saturated carbocycles. The molecule has 1 atom stereocenters. The molecule has 126 valence electrons. The van der Waals surface area contributed by atoms with Gasteiger partial charge in [-0.3, -0.25) is 4.90 Å². The third kappa shape index (κ3) is 3.22. The average Bonchev–Trinajstić information content (AvgIpc) is 3.01. The molecule has 0 unspecified atom stereocenters. The highest BCUT2D eigenvalue weighted by Crippen LogP contribution is 2.25. The minimum atomic E-state index is -0.420. The summed E-state index contributed by atoms with van der Waals surface area (Å²) < 4.78 is 23.4. The average molecular weight is 332 g/mol. The van der Waals surface area contributed by atoms with Crippen LogP contribution in [-0.2, 0) is 4.74 Å². The molecule has 1 aromatic carbocycles. The number of cyclic esters (lactones) is 1. The maximum absolute atomic E-state index is 13.5. The summed E-state index contributed by atoms with van der Waals surface area (Å²) in [6, 6.07) is 6.10. The first-order chi connectivity index (χ1) is 11.6. The fourth-order valence-electron chi connectivity index (χ4n) is 2.39. The summed E-state index contributed by atoms with van der Waals surface area (Å²) in [7, 11) is 1.42. The van der Waals surface area contributed by atoms with Crippen LogP contribution >= 0.6 is 0 Å². The van der Waals surface area contributed by atoms with E-state index >= 15 is 0 Å². The smallest absolute Gasteiger partial charge is 0.415 e. The van der Waals surface area contributed by atoms with E-state index in [1.807, 2.05) is 6.92 Å². The minimum absolute atomic E-state index is 0.177. The number of ether oxygens (including phenoxy) is 2. The van der Waals surface area contributed by atoms with Gasteiger partial charge in [0.2, 0.25) is 5.95 Å². The van der Waals surface area contributed by atoms with Crippen LogP contribution in [0, 0.1) is 5.82 Å². The second-order valence-electron chi connectivity index (χ2n) is 5.26. The minimum Gasteiger partial charge on any atom is -0.494 e. The molecule has 8 heteroatoms. The van der Waals surface area contributed by atoms with Gasteiger partial charge in [-0.05, 0) is 30.7 Å². The highest BCUT2D eigenvalue weighted by molar-refractivity contribution is 5.88. The van der Waals surface area contributed by atoms with E-state index < -0.39 is 11.9 Å². The predicted octanol–water partition coefficient (Wildman–Crippen LogP) is 2.75. The van der Waals surface area contributed by atoms with Crippen molar-refractivity contribution in [1.29, 1.82) is 0 Å². The van der Waals surface area contributed by atoms with Gasteiger partial charge in [0.05, 0.1) is 19.7 Å². The van der Waals surface area contributed by atoms with E-state index in [9.17, 15) is 9.18 Å². The quantitative estimate of drug-likeness (QED) is 0.907. The van der Waals surface area contributed by atoms with Gasteiger partial charge >= 0.3 is 6.09 Å². The van der Waals surface area contributed by atoms with E-state index in [0.717, 1.165) is 5.56 Å². The lowest BCUT2D eigenvalue weighted by Crippen LogP contribution is -2.25. The Labute approximate surface area is 138 Å². The molecular formula is C16H17FN4O3. The van der Waals surface area contributed by atoms with Crippen LogP contribution in [0.2, 0.25) is 0 Å². The van der Waals surface area contributed by atoms with Gasteiger partial charge in [-0.1, -0.05) is 6.07 Å². The molecule has 2 heterocycles. The SMILES string of the molecule is COc1cc([C@H](C)Nc2nccc(N3CCOC3=O)n2)ccc1F. The number of carbonyl (C=O) groups excluding carboxylic acids is 1. The summed E-state index contributed by atoms with van der Waals surface area (Å²) in [5.74, 6) is 0.594. The molecule has 1 saturated heterocycles. The van der Waals surface area contributed by atoms with E-state index in [4.69, 9.17) is 9.47 Å². The fraction of sp³-hybridized carbons (Fsp3) is 0.312. The van der Waals surface area contributed by atoms with Gasteiger partial charge in [-0.2, -0.15) is 4.98 Å². The van der Waals surface area contributed by atoms with Crippen LogP contribution in [0.1, 0.15) is 18.5 Å². The molecule has 1 fully saturated rings. The molecule has 1 N–H and O–H groups in total. The number of methoxy groups -OCH3 is 1. The van der Waals surface area contributed by atoms with Crippen molar-refractivity contribution >= 4 is 17.9 Å². The zero-order valence-electron chi connectivity index (χ0n) is 13.3. The molecule has 7 nitrogen and oxygen atoms in total. The maximum atomic E-state index is 13.5. The van der Waals surface area contributed by atoms with Gasteiger partial charge in [0.1, 0.15) is 12.4 Å². The summed E-state index contributed by atoms with van der Waals surface area (Å²) in [6.45, 7) is 2.70. The first-order valence-electron chi connectivity index (χ1n) is 7.46. The third-order valence-corrected chi connectivity index (χ3v) is 3.70. The standard InChI is InChI=1S/C16H17FN4O3/c1-10(11-3-4-12(17)13(9-11)23-2)19-15-18-6-5-14(20-15)21-7-8-24-16(21)22/h3-6,9-10H,7-8H2,1-2H3,(H,18,19,20)/t10-/m0/s1. The number of nitrogens with one attached hydrogen (secondary N) is 1. The lowest BCUT2D eigenvalue weighted by Gasteiger charge is -2.17. The van der Waals surface area contributed by atoms with Gasteiger partial charge in [-0.25, -0.2) is 14.2 Å². The maximum Gasteiger partial charge on any atom is 0.415 e. The molecule has 0 radical (unpaired) electrons. The van der Waals surface area contributed by atoms with Crippen molar-refractivity contribution < 1.29 is 18.7 Å². The van der Waals surface area contributed by atoms with E-state index in [0.29, 0.717) is 24.9 Å². The van der Waals surface area contributed by atoms with Crippen molar-refractivity contribution in [3.05, 3.63) is 41.8 Å². The molecule has 3 rings (SSSR count). The lowest BCUT2D eigenvalue weighted by atomic mass is 10.1. The number of hydrogen-bond donors (Lipinski definition) is 1. The van der Waals surface area contributed by atoms with Gasteiger partial charge in [0.25, 0.3) is 0 Å². The van der Waals surface area contributed by atoms with Crippen LogP contribution in [0.15, 0.2) is 30.5 Å². The summed E-state index contributed by atoms with van der Waals surface area (Å²) in [6.07, 6.45) is 1.14. The highest BCUT2D eigenvalue weighted by Gasteiger charge is 2.25. The van der Waals surface area contributed by atoms with Crippen LogP contribution in [0.3, 0.4) is 0 Å². The second kappa shape index (κ2) is 6.69. The topological polar surface area (TPSA) is 76.6 Å². The Morgan fingerprint density at radius 2 is 2.25 bits per heavy atom. The number of nitrogens with zero attached hydrogens (tertiary/aromatic N) is 3.